The van der Waals surface area contributed by atoms with Crippen LogP contribution in [0, 0.1) is 20.8 Å². The van der Waals surface area contributed by atoms with Gasteiger partial charge in [-0.2, -0.15) is 0 Å². The van der Waals surface area contributed by atoms with E-state index in [1.54, 1.807) is 0 Å². The lowest BCUT2D eigenvalue weighted by Crippen LogP contribution is -2.24. The monoisotopic (exact) mass is 344 g/mol. The molecule has 3 rings (SSSR count). The first kappa shape index (κ1) is 17.0. The Balaban J connectivity index is 1.69. The Labute approximate surface area is 147 Å². The maximum Gasteiger partial charge on any atom is 0.237 e. The standard InChI is InChI=1S/C18H24N4OS/c1-10-8-11(2)15(12(3)9-10)19-17(23)13(4)24-18-21-20-16(22(18)5)14-6-7-14/h8-9,13-14H,6-7H2,1-5H3,(H,19,23)/t13-/m0/s1. The molecule has 1 aliphatic rings. The molecule has 1 fully saturated rings. The SMILES string of the molecule is Cc1cc(C)c(NC(=O)[C@H](C)Sc2nnc(C3CC3)n2C)c(C)c1. The fourth-order valence-corrected chi connectivity index (χ4v) is 3.76. The molecule has 5 nitrogen and oxygen atoms in total. The third-order valence-electron chi connectivity index (χ3n) is 4.39. The number of carbonyl (C=O) groups is 1. The third kappa shape index (κ3) is 3.48. The first-order valence-electron chi connectivity index (χ1n) is 8.31. The minimum absolute atomic E-state index is 0.00831. The molecule has 0 radical (unpaired) electrons. The Morgan fingerprint density at radius 1 is 1.25 bits per heavy atom. The molecule has 1 atom stereocenters. The largest absolute Gasteiger partial charge is 0.325 e. The van der Waals surface area contributed by atoms with Crippen LogP contribution >= 0.6 is 11.8 Å². The molecular formula is C18H24N4OS. The molecule has 1 aromatic heterocycles. The first-order chi connectivity index (χ1) is 11.4. The summed E-state index contributed by atoms with van der Waals surface area (Å²) in [6.45, 7) is 8.02. The molecule has 0 unspecified atom stereocenters. The molecular weight excluding hydrogens is 320 g/mol. The number of benzene rings is 1. The van der Waals surface area contributed by atoms with Crippen molar-refractivity contribution in [3.05, 3.63) is 34.6 Å². The van der Waals surface area contributed by atoms with Crippen LogP contribution in [-0.4, -0.2) is 25.9 Å². The van der Waals surface area contributed by atoms with Gasteiger partial charge in [-0.3, -0.25) is 4.79 Å². The van der Waals surface area contributed by atoms with Gasteiger partial charge in [-0.1, -0.05) is 29.5 Å². The molecule has 1 aliphatic carbocycles. The molecule has 1 heterocycles. The summed E-state index contributed by atoms with van der Waals surface area (Å²) in [5, 5.41) is 12.2. The molecule has 6 heteroatoms. The summed E-state index contributed by atoms with van der Waals surface area (Å²) in [6, 6.07) is 4.18. The first-order valence-corrected chi connectivity index (χ1v) is 9.19. The zero-order valence-corrected chi connectivity index (χ0v) is 15.7. The summed E-state index contributed by atoms with van der Waals surface area (Å²) in [7, 11) is 1.98. The number of hydrogen-bond donors (Lipinski definition) is 1. The Kier molecular flexibility index (Phi) is 4.67. The molecule has 1 N–H and O–H groups in total. The van der Waals surface area contributed by atoms with Crippen LogP contribution in [-0.2, 0) is 11.8 Å². The van der Waals surface area contributed by atoms with Crippen molar-refractivity contribution in [2.75, 3.05) is 5.32 Å². The van der Waals surface area contributed by atoms with Crippen LogP contribution in [0.2, 0.25) is 0 Å². The highest BCUT2D eigenvalue weighted by atomic mass is 32.2. The lowest BCUT2D eigenvalue weighted by Gasteiger charge is -2.16. The van der Waals surface area contributed by atoms with Crippen molar-refractivity contribution in [3.8, 4) is 0 Å². The van der Waals surface area contributed by atoms with Crippen LogP contribution in [0.25, 0.3) is 0 Å². The van der Waals surface area contributed by atoms with Crippen molar-refractivity contribution in [2.45, 2.75) is 56.9 Å². The van der Waals surface area contributed by atoms with Crippen molar-refractivity contribution >= 4 is 23.4 Å². The minimum atomic E-state index is -0.236. The Morgan fingerprint density at radius 3 is 2.46 bits per heavy atom. The van der Waals surface area contributed by atoms with E-state index in [0.717, 1.165) is 27.8 Å². The van der Waals surface area contributed by atoms with E-state index in [2.05, 4.69) is 34.6 Å². The van der Waals surface area contributed by atoms with Crippen LogP contribution in [0.3, 0.4) is 0 Å². The normalized spacial score (nSPS) is 15.4. The number of carbonyl (C=O) groups excluding carboxylic acids is 1. The number of nitrogens with one attached hydrogen (secondary N) is 1. The van der Waals surface area contributed by atoms with Gasteiger partial charge < -0.3 is 9.88 Å². The number of rotatable bonds is 5. The number of aryl methyl sites for hydroxylation is 3. The number of thioether (sulfide) groups is 1. The van der Waals surface area contributed by atoms with E-state index < -0.39 is 0 Å². The number of anilines is 1. The van der Waals surface area contributed by atoms with Gasteiger partial charge in [-0.15, -0.1) is 10.2 Å². The van der Waals surface area contributed by atoms with Gasteiger partial charge in [-0.05, 0) is 51.7 Å². The molecule has 0 spiro atoms. The van der Waals surface area contributed by atoms with Crippen LogP contribution < -0.4 is 5.32 Å². The minimum Gasteiger partial charge on any atom is -0.325 e. The lowest BCUT2D eigenvalue weighted by molar-refractivity contribution is -0.115. The van der Waals surface area contributed by atoms with Crippen LogP contribution in [0.4, 0.5) is 5.69 Å². The second-order valence-electron chi connectivity index (χ2n) is 6.70. The fraction of sp³-hybridized carbons (Fsp3) is 0.500. The summed E-state index contributed by atoms with van der Waals surface area (Å²) in [5.41, 5.74) is 4.30. The summed E-state index contributed by atoms with van der Waals surface area (Å²) < 4.78 is 2.02. The molecule has 0 bridgehead atoms. The van der Waals surface area contributed by atoms with E-state index in [1.165, 1.54) is 30.2 Å². The van der Waals surface area contributed by atoms with E-state index in [0.29, 0.717) is 5.92 Å². The molecule has 0 saturated heterocycles. The second-order valence-corrected chi connectivity index (χ2v) is 8.01. The number of amides is 1. The van der Waals surface area contributed by atoms with Crippen molar-refractivity contribution < 1.29 is 4.79 Å². The molecule has 2 aromatic rings. The average Bonchev–Trinajstić information content (AvgIpc) is 3.28. The van der Waals surface area contributed by atoms with E-state index in [9.17, 15) is 4.79 Å². The second kappa shape index (κ2) is 6.59. The highest BCUT2D eigenvalue weighted by Crippen LogP contribution is 2.39. The maximum atomic E-state index is 12.6. The zero-order valence-electron chi connectivity index (χ0n) is 14.9. The molecule has 1 amide bonds. The number of hydrogen-bond acceptors (Lipinski definition) is 4. The topological polar surface area (TPSA) is 59.8 Å². The van der Waals surface area contributed by atoms with Crippen molar-refractivity contribution in [1.82, 2.24) is 14.8 Å². The Bertz CT molecular complexity index is 756. The quantitative estimate of drug-likeness (QED) is 0.840. The predicted octanol–water partition coefficient (Wildman–Crippen LogP) is 3.74. The van der Waals surface area contributed by atoms with Gasteiger partial charge in [0.1, 0.15) is 5.82 Å². The highest BCUT2D eigenvalue weighted by Gasteiger charge is 2.30. The van der Waals surface area contributed by atoms with Crippen molar-refractivity contribution in [3.63, 3.8) is 0 Å². The van der Waals surface area contributed by atoms with Crippen LogP contribution in [0.1, 0.15) is 48.2 Å². The highest BCUT2D eigenvalue weighted by molar-refractivity contribution is 8.00. The smallest absolute Gasteiger partial charge is 0.237 e. The van der Waals surface area contributed by atoms with E-state index in [1.807, 2.05) is 32.4 Å². The van der Waals surface area contributed by atoms with E-state index >= 15 is 0 Å². The summed E-state index contributed by atoms with van der Waals surface area (Å²) >= 11 is 1.46. The van der Waals surface area contributed by atoms with Crippen molar-refractivity contribution in [1.29, 1.82) is 0 Å². The van der Waals surface area contributed by atoms with Crippen LogP contribution in [0.15, 0.2) is 17.3 Å². The third-order valence-corrected chi connectivity index (χ3v) is 5.52. The zero-order chi connectivity index (χ0) is 17.4. The van der Waals surface area contributed by atoms with Gasteiger partial charge in [0.25, 0.3) is 0 Å². The van der Waals surface area contributed by atoms with Gasteiger partial charge in [0, 0.05) is 18.7 Å². The fourth-order valence-electron chi connectivity index (χ4n) is 2.94. The summed E-state index contributed by atoms with van der Waals surface area (Å²) in [5.74, 6) is 1.58. The molecule has 24 heavy (non-hydrogen) atoms. The Hall–Kier alpha value is -1.82. The molecule has 128 valence electrons. The van der Waals surface area contributed by atoms with Gasteiger partial charge in [0.05, 0.1) is 5.25 Å². The average molecular weight is 344 g/mol. The predicted molar refractivity (Wildman–Crippen MR) is 97.6 cm³/mol. The lowest BCUT2D eigenvalue weighted by atomic mass is 10.1. The van der Waals surface area contributed by atoms with Crippen LogP contribution in [0.5, 0.6) is 0 Å². The van der Waals surface area contributed by atoms with Gasteiger partial charge in [-0.25, -0.2) is 0 Å². The van der Waals surface area contributed by atoms with Crippen molar-refractivity contribution in [2.24, 2.45) is 7.05 Å². The summed E-state index contributed by atoms with van der Waals surface area (Å²) in [4.78, 5) is 12.6. The molecule has 1 aromatic carbocycles. The number of aromatic nitrogens is 3. The van der Waals surface area contributed by atoms with Gasteiger partial charge in [0.2, 0.25) is 5.91 Å². The molecule has 1 saturated carbocycles. The van der Waals surface area contributed by atoms with E-state index in [4.69, 9.17) is 0 Å². The van der Waals surface area contributed by atoms with E-state index in [-0.39, 0.29) is 11.2 Å². The number of nitrogens with zero attached hydrogens (tertiary/aromatic N) is 3. The summed E-state index contributed by atoms with van der Waals surface area (Å²) in [6.07, 6.45) is 2.39. The van der Waals surface area contributed by atoms with Gasteiger partial charge >= 0.3 is 0 Å². The molecule has 0 aliphatic heterocycles. The Morgan fingerprint density at radius 2 is 1.88 bits per heavy atom. The van der Waals surface area contributed by atoms with Gasteiger partial charge in [0.15, 0.2) is 5.16 Å². The maximum absolute atomic E-state index is 12.6.